The molecule has 32 heavy (non-hydrogen) atoms. The molecule has 11 nitrogen and oxygen atoms in total. The SMILES string of the molecule is CC(C)CC(N)C(=O)NC(C(=O)N1CCCC1C(=O)NC(CCC(N)=O)C(=O)O)C(C)C. The molecule has 0 spiro atoms. The summed E-state index contributed by atoms with van der Waals surface area (Å²) in [6.45, 7) is 7.77. The number of carboxylic acids is 1. The summed E-state index contributed by atoms with van der Waals surface area (Å²) in [6, 6.07) is -3.76. The smallest absolute Gasteiger partial charge is 0.326 e. The van der Waals surface area contributed by atoms with Gasteiger partial charge in [0.05, 0.1) is 6.04 Å². The molecule has 11 heteroatoms. The number of hydrogen-bond acceptors (Lipinski definition) is 6. The number of nitrogens with two attached hydrogens (primary N) is 2. The normalized spacial score (nSPS) is 18.8. The largest absolute Gasteiger partial charge is 0.480 e. The Balaban J connectivity index is 2.90. The Morgan fingerprint density at radius 1 is 1.09 bits per heavy atom. The second-order valence-corrected chi connectivity index (χ2v) is 9.06. The fraction of sp³-hybridized carbons (Fsp3) is 0.762. The van der Waals surface area contributed by atoms with E-state index < -0.39 is 53.8 Å². The van der Waals surface area contributed by atoms with Crippen LogP contribution < -0.4 is 22.1 Å². The van der Waals surface area contributed by atoms with Crippen molar-refractivity contribution in [3.05, 3.63) is 0 Å². The van der Waals surface area contributed by atoms with E-state index in [-0.39, 0.29) is 24.7 Å². The number of carbonyl (C=O) groups is 5. The average molecular weight is 456 g/mol. The Kier molecular flexibility index (Phi) is 10.6. The summed E-state index contributed by atoms with van der Waals surface area (Å²) in [5, 5.41) is 14.4. The van der Waals surface area contributed by atoms with Crippen LogP contribution >= 0.6 is 0 Å². The van der Waals surface area contributed by atoms with Crippen molar-refractivity contribution in [2.24, 2.45) is 23.3 Å². The van der Waals surface area contributed by atoms with Gasteiger partial charge in [0.2, 0.25) is 23.6 Å². The lowest BCUT2D eigenvalue weighted by atomic mass is 9.99. The maximum absolute atomic E-state index is 13.2. The van der Waals surface area contributed by atoms with E-state index in [1.807, 2.05) is 13.8 Å². The number of hydrogen-bond donors (Lipinski definition) is 5. The molecule has 0 bridgehead atoms. The van der Waals surface area contributed by atoms with Gasteiger partial charge < -0.3 is 32.1 Å². The molecular weight excluding hydrogens is 418 g/mol. The number of carbonyl (C=O) groups excluding carboxylic acids is 4. The molecule has 7 N–H and O–H groups in total. The molecule has 4 amide bonds. The van der Waals surface area contributed by atoms with Crippen LogP contribution in [0.1, 0.15) is 59.8 Å². The molecule has 1 fully saturated rings. The van der Waals surface area contributed by atoms with Crippen molar-refractivity contribution >= 4 is 29.6 Å². The Morgan fingerprint density at radius 2 is 1.72 bits per heavy atom. The molecule has 0 radical (unpaired) electrons. The zero-order valence-corrected chi connectivity index (χ0v) is 19.3. The van der Waals surface area contributed by atoms with E-state index in [9.17, 15) is 29.1 Å². The third-order valence-electron chi connectivity index (χ3n) is 5.43. The minimum absolute atomic E-state index is 0.143. The van der Waals surface area contributed by atoms with E-state index >= 15 is 0 Å². The zero-order valence-electron chi connectivity index (χ0n) is 19.3. The van der Waals surface area contributed by atoms with Crippen molar-refractivity contribution in [1.29, 1.82) is 0 Å². The first kappa shape index (κ1) is 27.3. The van der Waals surface area contributed by atoms with Crippen molar-refractivity contribution in [2.75, 3.05) is 6.54 Å². The first-order valence-corrected chi connectivity index (χ1v) is 11.0. The average Bonchev–Trinajstić information content (AvgIpc) is 3.17. The van der Waals surface area contributed by atoms with Gasteiger partial charge in [-0.15, -0.1) is 0 Å². The quantitative estimate of drug-likeness (QED) is 0.258. The summed E-state index contributed by atoms with van der Waals surface area (Å²) in [6.07, 6.45) is 1.07. The number of nitrogens with zero attached hydrogens (tertiary/aromatic N) is 1. The predicted octanol–water partition coefficient (Wildman–Crippen LogP) is -0.673. The van der Waals surface area contributed by atoms with Gasteiger partial charge in [0.25, 0.3) is 0 Å². The number of likely N-dealkylation sites (tertiary alicyclic amines) is 1. The molecule has 0 aliphatic carbocycles. The molecule has 1 aliphatic heterocycles. The lowest BCUT2D eigenvalue weighted by Gasteiger charge is -2.31. The van der Waals surface area contributed by atoms with Crippen molar-refractivity contribution in [1.82, 2.24) is 15.5 Å². The molecule has 4 unspecified atom stereocenters. The summed E-state index contributed by atoms with van der Waals surface area (Å²) in [5.74, 6) is -3.44. The topological polar surface area (TPSA) is 185 Å². The van der Waals surface area contributed by atoms with Crippen LogP contribution in [0.3, 0.4) is 0 Å². The summed E-state index contributed by atoms with van der Waals surface area (Å²) in [4.78, 5) is 62.3. The molecule has 1 heterocycles. The van der Waals surface area contributed by atoms with Crippen LogP contribution in [-0.4, -0.2) is 70.3 Å². The third kappa shape index (κ3) is 8.10. The Hall–Kier alpha value is -2.69. The van der Waals surface area contributed by atoms with Gasteiger partial charge in [0, 0.05) is 13.0 Å². The van der Waals surface area contributed by atoms with Crippen LogP contribution in [0.2, 0.25) is 0 Å². The van der Waals surface area contributed by atoms with Crippen LogP contribution in [0.15, 0.2) is 0 Å². The van der Waals surface area contributed by atoms with Crippen molar-refractivity contribution in [3.63, 3.8) is 0 Å². The summed E-state index contributed by atoms with van der Waals surface area (Å²) >= 11 is 0. The van der Waals surface area contributed by atoms with Crippen LogP contribution in [0.25, 0.3) is 0 Å². The molecule has 1 rings (SSSR count). The number of amides is 4. The highest BCUT2D eigenvalue weighted by atomic mass is 16.4. The van der Waals surface area contributed by atoms with Gasteiger partial charge in [0.15, 0.2) is 0 Å². The monoisotopic (exact) mass is 455 g/mol. The van der Waals surface area contributed by atoms with E-state index in [1.165, 1.54) is 4.90 Å². The molecule has 0 aromatic rings. The van der Waals surface area contributed by atoms with E-state index in [0.29, 0.717) is 25.8 Å². The molecular formula is C21H37N5O6. The molecule has 0 aromatic carbocycles. The third-order valence-corrected chi connectivity index (χ3v) is 5.43. The maximum atomic E-state index is 13.2. The van der Waals surface area contributed by atoms with Gasteiger partial charge in [-0.3, -0.25) is 19.2 Å². The molecule has 0 aromatic heterocycles. The number of carboxylic acid groups (broad SMARTS) is 1. The Morgan fingerprint density at radius 3 is 2.22 bits per heavy atom. The zero-order chi connectivity index (χ0) is 24.6. The van der Waals surface area contributed by atoms with Crippen LogP contribution in [0.4, 0.5) is 0 Å². The molecule has 182 valence electrons. The van der Waals surface area contributed by atoms with Gasteiger partial charge in [-0.05, 0) is 37.5 Å². The molecule has 1 aliphatic rings. The molecule has 4 atom stereocenters. The predicted molar refractivity (Wildman–Crippen MR) is 117 cm³/mol. The second-order valence-electron chi connectivity index (χ2n) is 9.06. The number of primary amides is 1. The standard InChI is InChI=1S/C21H37N5O6/c1-11(2)10-13(22)18(28)25-17(12(3)4)20(30)26-9-5-6-15(26)19(29)24-14(21(31)32)7-8-16(23)27/h11-15,17H,5-10,22H2,1-4H3,(H2,23,27)(H,24,29)(H,25,28)(H,31,32). The first-order valence-electron chi connectivity index (χ1n) is 11.0. The Bertz CT molecular complexity index is 711. The lowest BCUT2D eigenvalue weighted by molar-refractivity contribution is -0.145. The van der Waals surface area contributed by atoms with E-state index in [2.05, 4.69) is 10.6 Å². The van der Waals surface area contributed by atoms with Gasteiger partial charge in [-0.2, -0.15) is 0 Å². The Labute approximate surface area is 188 Å². The lowest BCUT2D eigenvalue weighted by Crippen LogP contribution is -2.58. The first-order chi connectivity index (χ1) is 14.8. The highest BCUT2D eigenvalue weighted by molar-refractivity contribution is 5.94. The van der Waals surface area contributed by atoms with Crippen molar-refractivity contribution < 1.29 is 29.1 Å². The van der Waals surface area contributed by atoms with E-state index in [1.54, 1.807) is 13.8 Å². The van der Waals surface area contributed by atoms with Gasteiger partial charge in [-0.25, -0.2) is 4.79 Å². The molecule has 0 saturated carbocycles. The van der Waals surface area contributed by atoms with Crippen LogP contribution in [0.5, 0.6) is 0 Å². The number of nitrogens with one attached hydrogen (secondary N) is 2. The van der Waals surface area contributed by atoms with Crippen molar-refractivity contribution in [3.8, 4) is 0 Å². The second kappa shape index (κ2) is 12.4. The number of rotatable bonds is 12. The van der Waals surface area contributed by atoms with Crippen molar-refractivity contribution in [2.45, 2.75) is 84.0 Å². The van der Waals surface area contributed by atoms with Crippen LogP contribution in [0, 0.1) is 11.8 Å². The van der Waals surface area contributed by atoms with Gasteiger partial charge >= 0.3 is 5.97 Å². The van der Waals surface area contributed by atoms with E-state index in [0.717, 1.165) is 0 Å². The summed E-state index contributed by atoms with van der Waals surface area (Å²) in [7, 11) is 0. The van der Waals surface area contributed by atoms with Crippen LogP contribution in [-0.2, 0) is 24.0 Å². The summed E-state index contributed by atoms with van der Waals surface area (Å²) in [5.41, 5.74) is 11.0. The fourth-order valence-electron chi connectivity index (χ4n) is 3.68. The minimum atomic E-state index is -1.29. The van der Waals surface area contributed by atoms with E-state index in [4.69, 9.17) is 11.5 Å². The van der Waals surface area contributed by atoms with Gasteiger partial charge in [0.1, 0.15) is 18.1 Å². The number of aliphatic carboxylic acids is 1. The van der Waals surface area contributed by atoms with Gasteiger partial charge in [-0.1, -0.05) is 27.7 Å². The highest BCUT2D eigenvalue weighted by Gasteiger charge is 2.40. The fourth-order valence-corrected chi connectivity index (χ4v) is 3.68. The highest BCUT2D eigenvalue weighted by Crippen LogP contribution is 2.21. The maximum Gasteiger partial charge on any atom is 0.326 e. The minimum Gasteiger partial charge on any atom is -0.480 e. The summed E-state index contributed by atoms with van der Waals surface area (Å²) < 4.78 is 0. The molecule has 1 saturated heterocycles.